The molecule has 2 aromatic rings. The van der Waals surface area contributed by atoms with Crippen molar-refractivity contribution >= 4 is 11.9 Å². The van der Waals surface area contributed by atoms with Crippen LogP contribution in [0.5, 0.6) is 0 Å². The van der Waals surface area contributed by atoms with E-state index in [1.165, 1.54) is 0 Å². The zero-order valence-corrected chi connectivity index (χ0v) is 22.9. The molecular weight excluding hydrogens is 501 g/mol. The van der Waals surface area contributed by atoms with E-state index < -0.39 is 58.4 Å². The van der Waals surface area contributed by atoms with Crippen LogP contribution < -0.4 is 0 Å². The van der Waals surface area contributed by atoms with Crippen molar-refractivity contribution in [2.75, 3.05) is 6.61 Å². The van der Waals surface area contributed by atoms with Crippen molar-refractivity contribution in [2.45, 2.75) is 89.1 Å². The fourth-order valence-electron chi connectivity index (χ4n) is 9.46. The molecule has 208 valence electrons. The highest BCUT2D eigenvalue weighted by Gasteiger charge is 2.80. The van der Waals surface area contributed by atoms with E-state index in [1.54, 1.807) is 32.4 Å². The van der Waals surface area contributed by atoms with Crippen LogP contribution in [0.1, 0.15) is 64.6 Å². The summed E-state index contributed by atoms with van der Waals surface area (Å²) in [5, 5.41) is 26.4. The van der Waals surface area contributed by atoms with Crippen LogP contribution >= 0.6 is 0 Å². The number of hydrogen-bond donors (Lipinski definition) is 2. The highest BCUT2D eigenvalue weighted by Crippen LogP contribution is 2.72. The van der Waals surface area contributed by atoms with Crippen molar-refractivity contribution in [2.24, 2.45) is 22.7 Å². The van der Waals surface area contributed by atoms with Gasteiger partial charge in [-0.15, -0.1) is 0 Å². The van der Waals surface area contributed by atoms with Gasteiger partial charge in [0, 0.05) is 29.1 Å². The molecular formula is C30H36FN3O5. The van der Waals surface area contributed by atoms with Crippen LogP contribution in [0.2, 0.25) is 0 Å². The monoisotopic (exact) mass is 537 g/mol. The third-order valence-corrected chi connectivity index (χ3v) is 11.0. The number of rotatable bonds is 3. The van der Waals surface area contributed by atoms with Crippen LogP contribution in [0, 0.1) is 22.7 Å². The summed E-state index contributed by atoms with van der Waals surface area (Å²) < 4.78 is 32.4. The predicted molar refractivity (Wildman–Crippen MR) is 139 cm³/mol. The molecule has 9 heteroatoms. The first kappa shape index (κ1) is 25.5. The number of carbonyl (C=O) groups excluding carboxylic acids is 1. The van der Waals surface area contributed by atoms with E-state index >= 15 is 4.39 Å². The predicted octanol–water partition coefficient (Wildman–Crippen LogP) is 3.57. The number of halogens is 1. The Hall–Kier alpha value is -2.46. The normalized spacial score (nSPS) is 43.5. The molecule has 7 rings (SSSR count). The van der Waals surface area contributed by atoms with Crippen LogP contribution in [0.4, 0.5) is 4.39 Å². The van der Waals surface area contributed by atoms with Gasteiger partial charge >= 0.3 is 0 Å². The van der Waals surface area contributed by atoms with Crippen molar-refractivity contribution in [3.8, 4) is 5.69 Å². The van der Waals surface area contributed by atoms with Crippen molar-refractivity contribution < 1.29 is 28.9 Å². The lowest BCUT2D eigenvalue weighted by Crippen LogP contribution is -2.70. The third-order valence-electron chi connectivity index (χ3n) is 11.0. The second-order valence-corrected chi connectivity index (χ2v) is 13.2. The van der Waals surface area contributed by atoms with Crippen LogP contribution in [0.15, 0.2) is 36.3 Å². The third kappa shape index (κ3) is 2.94. The molecule has 4 fully saturated rings. The molecule has 0 unspecified atom stereocenters. The lowest BCUT2D eigenvalue weighted by molar-refractivity contribution is -0.250. The number of aliphatic hydroxyl groups excluding tert-OH is 2. The molecule has 3 saturated carbocycles. The fourth-order valence-corrected chi connectivity index (χ4v) is 9.46. The summed E-state index contributed by atoms with van der Waals surface area (Å²) in [6.07, 6.45) is 7.57. The fraction of sp³-hybridized carbons (Fsp3) is 0.633. The summed E-state index contributed by atoms with van der Waals surface area (Å²) in [7, 11) is 0. The first-order valence-corrected chi connectivity index (χ1v) is 14.0. The van der Waals surface area contributed by atoms with Gasteiger partial charge in [0.25, 0.3) is 0 Å². The number of carbonyl (C=O) groups is 1. The van der Waals surface area contributed by atoms with Gasteiger partial charge < -0.3 is 19.7 Å². The minimum Gasteiger partial charge on any atom is -0.390 e. The molecule has 0 radical (unpaired) electrons. The summed E-state index contributed by atoms with van der Waals surface area (Å²) in [6.45, 7) is 6.72. The Balaban J connectivity index is 1.31. The van der Waals surface area contributed by atoms with E-state index in [2.05, 4.69) is 16.2 Å². The highest BCUT2D eigenvalue weighted by atomic mass is 19.1. The zero-order chi connectivity index (χ0) is 27.6. The summed E-state index contributed by atoms with van der Waals surface area (Å²) in [4.78, 5) is 17.5. The van der Waals surface area contributed by atoms with Gasteiger partial charge in [0.15, 0.2) is 17.2 Å². The molecule has 0 spiro atoms. The molecule has 0 bridgehead atoms. The van der Waals surface area contributed by atoms with Gasteiger partial charge in [0.05, 0.1) is 29.8 Å². The van der Waals surface area contributed by atoms with Gasteiger partial charge in [0.1, 0.15) is 12.3 Å². The average Bonchev–Trinajstić information content (AvgIpc) is 3.50. The Morgan fingerprint density at radius 2 is 1.95 bits per heavy atom. The minimum atomic E-state index is -1.91. The first-order chi connectivity index (χ1) is 18.4. The van der Waals surface area contributed by atoms with Gasteiger partial charge in [-0.2, -0.15) is 5.10 Å². The van der Waals surface area contributed by atoms with E-state index in [0.29, 0.717) is 25.7 Å². The Bertz CT molecular complexity index is 1390. The molecule has 39 heavy (non-hydrogen) atoms. The molecule has 5 aliphatic rings. The van der Waals surface area contributed by atoms with E-state index in [4.69, 9.17) is 9.47 Å². The number of alkyl halides is 1. The topological polar surface area (TPSA) is 107 Å². The van der Waals surface area contributed by atoms with Gasteiger partial charge in [-0.3, -0.25) is 9.78 Å². The van der Waals surface area contributed by atoms with E-state index in [1.807, 2.05) is 30.7 Å². The maximum atomic E-state index is 18.0. The molecule has 2 aromatic heterocycles. The molecule has 2 N–H and O–H groups in total. The van der Waals surface area contributed by atoms with Crippen molar-refractivity contribution in [1.82, 2.24) is 14.8 Å². The Kier molecular flexibility index (Phi) is 5.13. The molecule has 0 amide bonds. The Morgan fingerprint density at radius 1 is 1.21 bits per heavy atom. The zero-order valence-electron chi connectivity index (χ0n) is 22.9. The molecule has 4 aliphatic carbocycles. The second-order valence-electron chi connectivity index (χ2n) is 13.2. The standard InChI is InChI=1S/C30H36FN3O5/c1-26(2)38-25-12-21-20-6-5-18-11-22-17(15-33-34(22)19-7-9-32-10-8-19)13-27(18,3)29(20,31)23(36)14-28(21,4)30(25,39-26)24(37)16-35/h7-11,15,20-21,23,25,35-36H,5-6,12-14,16H2,1-4H3/t20-,21-,23-,25+,27-,28-,29-,30+/m0/s1. The van der Waals surface area contributed by atoms with Gasteiger partial charge in [-0.25, -0.2) is 9.07 Å². The molecule has 8 nitrogen and oxygen atoms in total. The number of pyridine rings is 1. The van der Waals surface area contributed by atoms with Crippen molar-refractivity contribution in [3.63, 3.8) is 0 Å². The van der Waals surface area contributed by atoms with Gasteiger partial charge in [-0.05, 0) is 75.6 Å². The van der Waals surface area contributed by atoms with Crippen molar-refractivity contribution in [1.29, 1.82) is 0 Å². The van der Waals surface area contributed by atoms with Gasteiger partial charge in [-0.1, -0.05) is 19.4 Å². The number of aliphatic hydroxyl groups is 2. The van der Waals surface area contributed by atoms with E-state index in [0.717, 1.165) is 22.5 Å². The highest BCUT2D eigenvalue weighted by molar-refractivity contribution is 5.91. The molecule has 1 aliphatic heterocycles. The SMILES string of the molecule is CC1(C)O[C@@H]2C[C@H]3[C@@H]4CCC5=Cc6c(cnn6-c6ccncc6)C[C@]5(C)[C@@]4(F)[C@@H](O)C[C@]3(C)[C@]2(C(=O)CO)O1. The quantitative estimate of drug-likeness (QED) is 0.617. The van der Waals surface area contributed by atoms with Crippen molar-refractivity contribution in [3.05, 3.63) is 47.6 Å². The Labute approximate surface area is 227 Å². The van der Waals surface area contributed by atoms with E-state index in [-0.39, 0.29) is 12.3 Å². The maximum Gasteiger partial charge on any atom is 0.193 e. The van der Waals surface area contributed by atoms with Crippen LogP contribution in [-0.2, 0) is 20.7 Å². The van der Waals surface area contributed by atoms with Crippen LogP contribution in [-0.4, -0.2) is 66.6 Å². The van der Waals surface area contributed by atoms with Crippen LogP contribution in [0.25, 0.3) is 11.8 Å². The lowest BCUT2D eigenvalue weighted by Gasteiger charge is -2.63. The number of hydrogen-bond acceptors (Lipinski definition) is 7. The number of ether oxygens (including phenoxy) is 2. The number of aromatic nitrogens is 3. The maximum absolute atomic E-state index is 18.0. The minimum absolute atomic E-state index is 0.0539. The summed E-state index contributed by atoms with van der Waals surface area (Å²) >= 11 is 0. The molecule has 1 saturated heterocycles. The number of fused-ring (bicyclic) bond motifs is 8. The smallest absolute Gasteiger partial charge is 0.193 e. The van der Waals surface area contributed by atoms with E-state index in [9.17, 15) is 15.0 Å². The number of ketones is 1. The summed E-state index contributed by atoms with van der Waals surface area (Å²) in [5.41, 5.74) is -1.37. The average molecular weight is 538 g/mol. The molecule has 3 heterocycles. The second kappa shape index (κ2) is 7.84. The number of allylic oxidation sites excluding steroid dienone is 1. The molecule has 0 aromatic carbocycles. The van der Waals surface area contributed by atoms with Gasteiger partial charge in [0.2, 0.25) is 0 Å². The summed E-state index contributed by atoms with van der Waals surface area (Å²) in [5.74, 6) is -2.20. The summed E-state index contributed by atoms with van der Waals surface area (Å²) in [6, 6.07) is 3.79. The first-order valence-electron chi connectivity index (χ1n) is 14.0. The number of nitrogens with zero attached hydrogens (tertiary/aromatic N) is 3. The molecule has 8 atom stereocenters. The van der Waals surface area contributed by atoms with Crippen LogP contribution in [0.3, 0.4) is 0 Å². The largest absolute Gasteiger partial charge is 0.390 e. The Morgan fingerprint density at radius 3 is 2.67 bits per heavy atom. The number of Topliss-reactive ketones (excluding diaryl/α,β-unsaturated/α-hetero) is 1. The lowest BCUT2D eigenvalue weighted by atomic mass is 9.43.